The van der Waals surface area contributed by atoms with Gasteiger partial charge < -0.3 is 10.1 Å². The van der Waals surface area contributed by atoms with Crippen LogP contribution in [0, 0.1) is 5.82 Å². The molecule has 0 amide bonds. The van der Waals surface area contributed by atoms with Gasteiger partial charge in [0.1, 0.15) is 11.6 Å². The molecule has 2 rings (SSSR count). The van der Waals surface area contributed by atoms with Gasteiger partial charge >= 0.3 is 0 Å². The van der Waals surface area contributed by atoms with Gasteiger partial charge in [0.25, 0.3) is 0 Å². The third kappa shape index (κ3) is 3.96. The predicted molar refractivity (Wildman–Crippen MR) is 84.4 cm³/mol. The minimum Gasteiger partial charge on any atom is -0.497 e. The summed E-state index contributed by atoms with van der Waals surface area (Å²) in [5, 5.41) is 3.62. The summed E-state index contributed by atoms with van der Waals surface area (Å²) in [6, 6.07) is 12.9. The second kappa shape index (κ2) is 6.92. The summed E-state index contributed by atoms with van der Waals surface area (Å²) >= 11 is 5.83. The van der Waals surface area contributed by atoms with E-state index in [0.29, 0.717) is 0 Å². The van der Waals surface area contributed by atoms with Gasteiger partial charge in [-0.15, -0.1) is 0 Å². The second-order valence-corrected chi connectivity index (χ2v) is 5.47. The fourth-order valence-electron chi connectivity index (χ4n) is 2.26. The third-order valence-corrected chi connectivity index (χ3v) is 3.83. The van der Waals surface area contributed by atoms with Crippen molar-refractivity contribution in [1.29, 1.82) is 0 Å². The molecule has 0 fully saturated rings. The summed E-state index contributed by atoms with van der Waals surface area (Å²) in [7, 11) is 1.65. The van der Waals surface area contributed by atoms with Gasteiger partial charge in [0, 0.05) is 12.1 Å². The minimum atomic E-state index is -0.395. The topological polar surface area (TPSA) is 21.3 Å². The van der Waals surface area contributed by atoms with E-state index in [0.717, 1.165) is 16.9 Å². The number of ether oxygens (including phenoxy) is 1. The summed E-state index contributed by atoms with van der Waals surface area (Å²) in [6.45, 7) is 4.11. The molecule has 0 aromatic heterocycles. The summed E-state index contributed by atoms with van der Waals surface area (Å²) < 4.78 is 18.4. The number of halogens is 2. The first-order valence-electron chi connectivity index (χ1n) is 6.86. The van der Waals surface area contributed by atoms with Crippen LogP contribution >= 0.6 is 11.6 Å². The van der Waals surface area contributed by atoms with Crippen LogP contribution in [0.25, 0.3) is 0 Å². The molecule has 1 unspecified atom stereocenters. The first kappa shape index (κ1) is 15.8. The Morgan fingerprint density at radius 2 is 1.71 bits per heavy atom. The molecule has 0 spiro atoms. The molecule has 2 aromatic rings. The molecule has 0 saturated carbocycles. The molecule has 1 N–H and O–H groups in total. The number of nitrogens with one attached hydrogen (secondary N) is 1. The van der Waals surface area contributed by atoms with Crippen molar-refractivity contribution in [2.24, 2.45) is 0 Å². The van der Waals surface area contributed by atoms with Gasteiger partial charge in [-0.25, -0.2) is 4.39 Å². The zero-order chi connectivity index (χ0) is 15.4. The van der Waals surface area contributed by atoms with Crippen molar-refractivity contribution in [3.8, 4) is 5.75 Å². The highest BCUT2D eigenvalue weighted by Gasteiger charge is 2.13. The molecule has 0 aliphatic rings. The van der Waals surface area contributed by atoms with Crippen molar-refractivity contribution in [2.75, 3.05) is 7.11 Å². The van der Waals surface area contributed by atoms with Crippen LogP contribution in [0.3, 0.4) is 0 Å². The Morgan fingerprint density at radius 1 is 1.05 bits per heavy atom. The number of hydrogen-bond acceptors (Lipinski definition) is 2. The molecular formula is C17H19ClFNO. The van der Waals surface area contributed by atoms with E-state index in [2.05, 4.69) is 12.2 Å². The minimum absolute atomic E-state index is 0.0595. The average molecular weight is 308 g/mol. The van der Waals surface area contributed by atoms with Gasteiger partial charge in [-0.1, -0.05) is 29.8 Å². The van der Waals surface area contributed by atoms with Gasteiger partial charge in [-0.2, -0.15) is 0 Å². The first-order valence-corrected chi connectivity index (χ1v) is 7.24. The highest BCUT2D eigenvalue weighted by atomic mass is 35.5. The molecule has 0 saturated heterocycles. The van der Waals surface area contributed by atoms with Crippen LogP contribution in [-0.2, 0) is 0 Å². The van der Waals surface area contributed by atoms with Crippen LogP contribution in [0.4, 0.5) is 4.39 Å². The monoisotopic (exact) mass is 307 g/mol. The SMILES string of the molecule is COc1cccc([C@H](C)NC(C)c2ccc(F)c(Cl)c2)c1. The Morgan fingerprint density at radius 3 is 2.33 bits per heavy atom. The Bertz CT molecular complexity index is 617. The average Bonchev–Trinajstić information content (AvgIpc) is 2.49. The summed E-state index contributed by atoms with van der Waals surface area (Å²) in [4.78, 5) is 0. The Hall–Kier alpha value is -1.58. The van der Waals surface area contributed by atoms with E-state index in [9.17, 15) is 4.39 Å². The van der Waals surface area contributed by atoms with Crippen LogP contribution in [0.15, 0.2) is 42.5 Å². The van der Waals surface area contributed by atoms with E-state index in [-0.39, 0.29) is 17.1 Å². The standard InChI is InChI=1S/C17H19ClFNO/c1-11(13-5-4-6-15(9-13)21-3)20-12(2)14-7-8-17(19)16(18)10-14/h4-12,20H,1-3H3/t11-,12?/m0/s1. The molecule has 112 valence electrons. The molecule has 2 atom stereocenters. The molecule has 0 aliphatic carbocycles. The molecule has 2 aromatic carbocycles. The number of rotatable bonds is 5. The molecule has 4 heteroatoms. The van der Waals surface area contributed by atoms with Crippen molar-refractivity contribution in [2.45, 2.75) is 25.9 Å². The maximum absolute atomic E-state index is 13.2. The summed E-state index contributed by atoms with van der Waals surface area (Å²) in [5.74, 6) is 0.437. The maximum atomic E-state index is 13.2. The Balaban J connectivity index is 2.10. The van der Waals surface area contributed by atoms with Crippen LogP contribution in [-0.4, -0.2) is 7.11 Å². The van der Waals surface area contributed by atoms with Crippen molar-refractivity contribution in [3.05, 3.63) is 64.4 Å². The highest BCUT2D eigenvalue weighted by Crippen LogP contribution is 2.24. The van der Waals surface area contributed by atoms with Crippen LogP contribution in [0.5, 0.6) is 5.75 Å². The van der Waals surface area contributed by atoms with E-state index >= 15 is 0 Å². The smallest absolute Gasteiger partial charge is 0.141 e. The number of hydrogen-bond donors (Lipinski definition) is 1. The van der Waals surface area contributed by atoms with Gasteiger partial charge in [0.2, 0.25) is 0 Å². The van der Waals surface area contributed by atoms with E-state index in [1.807, 2.05) is 31.2 Å². The largest absolute Gasteiger partial charge is 0.497 e. The summed E-state index contributed by atoms with van der Waals surface area (Å²) in [5.41, 5.74) is 2.09. The second-order valence-electron chi connectivity index (χ2n) is 5.06. The quantitative estimate of drug-likeness (QED) is 0.848. The first-order chi connectivity index (χ1) is 10.0. The maximum Gasteiger partial charge on any atom is 0.141 e. The van der Waals surface area contributed by atoms with E-state index in [4.69, 9.17) is 16.3 Å². The predicted octanol–water partition coefficient (Wildman–Crippen LogP) is 4.90. The number of methoxy groups -OCH3 is 1. The lowest BCUT2D eigenvalue weighted by molar-refractivity contribution is 0.412. The van der Waals surface area contributed by atoms with Crippen LogP contribution in [0.1, 0.15) is 37.1 Å². The molecule has 2 nitrogen and oxygen atoms in total. The molecular weight excluding hydrogens is 289 g/mol. The van der Waals surface area contributed by atoms with Gasteiger partial charge in [0.05, 0.1) is 12.1 Å². The lowest BCUT2D eigenvalue weighted by atomic mass is 10.0. The lowest BCUT2D eigenvalue weighted by Gasteiger charge is -2.21. The Labute approximate surface area is 129 Å². The summed E-state index contributed by atoms with van der Waals surface area (Å²) in [6.07, 6.45) is 0. The van der Waals surface area contributed by atoms with E-state index in [1.165, 1.54) is 6.07 Å². The Kier molecular flexibility index (Phi) is 5.21. The van der Waals surface area contributed by atoms with E-state index in [1.54, 1.807) is 19.2 Å². The molecule has 21 heavy (non-hydrogen) atoms. The van der Waals surface area contributed by atoms with Crippen LogP contribution < -0.4 is 10.1 Å². The van der Waals surface area contributed by atoms with Crippen molar-refractivity contribution in [1.82, 2.24) is 5.32 Å². The highest BCUT2D eigenvalue weighted by molar-refractivity contribution is 6.30. The van der Waals surface area contributed by atoms with E-state index < -0.39 is 5.82 Å². The normalized spacial score (nSPS) is 13.8. The molecule has 0 aliphatic heterocycles. The fourth-order valence-corrected chi connectivity index (χ4v) is 2.45. The molecule has 0 heterocycles. The lowest BCUT2D eigenvalue weighted by Crippen LogP contribution is -2.22. The third-order valence-electron chi connectivity index (χ3n) is 3.54. The zero-order valence-corrected chi connectivity index (χ0v) is 13.1. The number of benzene rings is 2. The van der Waals surface area contributed by atoms with Gasteiger partial charge in [0.15, 0.2) is 0 Å². The van der Waals surface area contributed by atoms with Crippen molar-refractivity contribution in [3.63, 3.8) is 0 Å². The molecule has 0 bridgehead atoms. The molecule has 0 radical (unpaired) electrons. The van der Waals surface area contributed by atoms with Crippen molar-refractivity contribution >= 4 is 11.6 Å². The van der Waals surface area contributed by atoms with Gasteiger partial charge in [-0.05, 0) is 49.2 Å². The van der Waals surface area contributed by atoms with Crippen molar-refractivity contribution < 1.29 is 9.13 Å². The zero-order valence-electron chi connectivity index (χ0n) is 12.4. The van der Waals surface area contributed by atoms with Crippen LogP contribution in [0.2, 0.25) is 5.02 Å². The van der Waals surface area contributed by atoms with Gasteiger partial charge in [-0.3, -0.25) is 0 Å². The fraction of sp³-hybridized carbons (Fsp3) is 0.294.